The van der Waals surface area contributed by atoms with E-state index in [-0.39, 0.29) is 6.04 Å². The van der Waals surface area contributed by atoms with Gasteiger partial charge < -0.3 is 9.88 Å². The highest BCUT2D eigenvalue weighted by Crippen LogP contribution is 2.23. The molecule has 2 aromatic rings. The number of aromatic nitrogens is 4. The van der Waals surface area contributed by atoms with E-state index >= 15 is 0 Å². The van der Waals surface area contributed by atoms with Crippen LogP contribution in [0.15, 0.2) is 18.5 Å². The van der Waals surface area contributed by atoms with Crippen molar-refractivity contribution < 1.29 is 0 Å². The van der Waals surface area contributed by atoms with Crippen molar-refractivity contribution in [3.05, 3.63) is 41.2 Å². The molecule has 0 aliphatic carbocycles. The van der Waals surface area contributed by atoms with Crippen LogP contribution in [-0.2, 0) is 13.0 Å². The summed E-state index contributed by atoms with van der Waals surface area (Å²) in [7, 11) is 1.95. The lowest BCUT2D eigenvalue weighted by Crippen LogP contribution is -2.24. The van der Waals surface area contributed by atoms with Crippen LogP contribution in [0.1, 0.15) is 42.7 Å². The van der Waals surface area contributed by atoms with Crippen molar-refractivity contribution in [3.63, 3.8) is 0 Å². The fourth-order valence-corrected chi connectivity index (χ4v) is 2.33. The highest BCUT2D eigenvalue weighted by Gasteiger charge is 2.20. The average Bonchev–Trinajstić information content (AvgIpc) is 2.88. The summed E-state index contributed by atoms with van der Waals surface area (Å²) in [5, 5.41) is 11.8. The maximum absolute atomic E-state index is 4.49. The first-order valence-electron chi connectivity index (χ1n) is 6.72. The topological polar surface area (TPSA) is 55.6 Å². The maximum atomic E-state index is 4.49. The van der Waals surface area contributed by atoms with Crippen LogP contribution in [0, 0.1) is 6.92 Å². The SMILES string of the molecule is CCc1nnc(C)cc1C(NC)c1nccn1CC. The van der Waals surface area contributed by atoms with E-state index in [4.69, 9.17) is 0 Å². The largest absolute Gasteiger partial charge is 0.334 e. The Morgan fingerprint density at radius 1 is 1.32 bits per heavy atom. The number of aryl methyl sites for hydroxylation is 3. The van der Waals surface area contributed by atoms with Crippen LogP contribution < -0.4 is 5.32 Å². The number of nitrogens with one attached hydrogen (secondary N) is 1. The summed E-state index contributed by atoms with van der Waals surface area (Å²) in [6.07, 6.45) is 4.72. The van der Waals surface area contributed by atoms with E-state index in [1.54, 1.807) is 0 Å². The highest BCUT2D eigenvalue weighted by atomic mass is 15.1. The Morgan fingerprint density at radius 3 is 2.74 bits per heavy atom. The molecule has 5 nitrogen and oxygen atoms in total. The van der Waals surface area contributed by atoms with Crippen molar-refractivity contribution >= 4 is 0 Å². The molecule has 1 unspecified atom stereocenters. The van der Waals surface area contributed by atoms with Crippen molar-refractivity contribution in [2.75, 3.05) is 7.05 Å². The van der Waals surface area contributed by atoms with E-state index < -0.39 is 0 Å². The van der Waals surface area contributed by atoms with E-state index in [2.05, 4.69) is 45.0 Å². The van der Waals surface area contributed by atoms with Gasteiger partial charge in [0.25, 0.3) is 0 Å². The number of imidazole rings is 1. The molecule has 0 saturated heterocycles. The Labute approximate surface area is 114 Å². The second-order valence-corrected chi connectivity index (χ2v) is 4.53. The number of rotatable bonds is 5. The smallest absolute Gasteiger partial charge is 0.130 e. The van der Waals surface area contributed by atoms with Crippen molar-refractivity contribution in [2.24, 2.45) is 0 Å². The minimum absolute atomic E-state index is 0.0547. The van der Waals surface area contributed by atoms with Gasteiger partial charge in [-0.05, 0) is 33.4 Å². The molecule has 0 spiro atoms. The summed E-state index contributed by atoms with van der Waals surface area (Å²) in [4.78, 5) is 4.49. The third-order valence-corrected chi connectivity index (χ3v) is 3.31. The molecule has 0 aliphatic heterocycles. The second-order valence-electron chi connectivity index (χ2n) is 4.53. The van der Waals surface area contributed by atoms with Gasteiger partial charge in [-0.3, -0.25) is 0 Å². The van der Waals surface area contributed by atoms with Gasteiger partial charge in [-0.15, -0.1) is 0 Å². The van der Waals surface area contributed by atoms with Gasteiger partial charge in [0.05, 0.1) is 17.4 Å². The van der Waals surface area contributed by atoms with Gasteiger partial charge in [0.1, 0.15) is 5.82 Å². The zero-order chi connectivity index (χ0) is 13.8. The molecule has 0 amide bonds. The molecular formula is C14H21N5. The Balaban J connectivity index is 2.50. The van der Waals surface area contributed by atoms with Crippen LogP contribution in [-0.4, -0.2) is 26.8 Å². The molecule has 0 aliphatic rings. The fraction of sp³-hybridized carbons (Fsp3) is 0.500. The fourth-order valence-electron chi connectivity index (χ4n) is 2.33. The molecular weight excluding hydrogens is 238 g/mol. The van der Waals surface area contributed by atoms with E-state index in [1.807, 2.05) is 26.4 Å². The summed E-state index contributed by atoms with van der Waals surface area (Å²) in [6, 6.07) is 2.15. The number of nitrogens with zero attached hydrogens (tertiary/aromatic N) is 4. The molecule has 2 aromatic heterocycles. The average molecular weight is 259 g/mol. The van der Waals surface area contributed by atoms with E-state index in [9.17, 15) is 0 Å². The highest BCUT2D eigenvalue weighted by molar-refractivity contribution is 5.30. The van der Waals surface area contributed by atoms with Gasteiger partial charge in [-0.25, -0.2) is 4.98 Å². The van der Waals surface area contributed by atoms with Gasteiger partial charge in [0.15, 0.2) is 0 Å². The standard InChI is InChI=1S/C14H21N5/c1-5-12-11(9-10(3)17-18-12)13(15-4)14-16-7-8-19(14)6-2/h7-9,13,15H,5-6H2,1-4H3. The molecule has 2 rings (SSSR count). The second kappa shape index (κ2) is 5.93. The van der Waals surface area contributed by atoms with Gasteiger partial charge in [-0.1, -0.05) is 6.92 Å². The molecule has 0 bridgehead atoms. The summed E-state index contributed by atoms with van der Waals surface area (Å²) >= 11 is 0. The summed E-state index contributed by atoms with van der Waals surface area (Å²) in [5.41, 5.74) is 3.12. The van der Waals surface area contributed by atoms with Crippen LogP contribution in [0.3, 0.4) is 0 Å². The lowest BCUT2D eigenvalue weighted by molar-refractivity contribution is 0.581. The van der Waals surface area contributed by atoms with Crippen LogP contribution >= 0.6 is 0 Å². The first kappa shape index (κ1) is 13.7. The third-order valence-electron chi connectivity index (χ3n) is 3.31. The third kappa shape index (κ3) is 2.66. The van der Waals surface area contributed by atoms with Crippen molar-refractivity contribution in [2.45, 2.75) is 39.8 Å². The Kier molecular flexibility index (Phi) is 4.27. The van der Waals surface area contributed by atoms with Gasteiger partial charge >= 0.3 is 0 Å². The first-order chi connectivity index (χ1) is 9.21. The normalized spacial score (nSPS) is 12.6. The zero-order valence-corrected chi connectivity index (χ0v) is 12.0. The molecule has 19 heavy (non-hydrogen) atoms. The lowest BCUT2D eigenvalue weighted by Gasteiger charge is -2.19. The Morgan fingerprint density at radius 2 is 2.11 bits per heavy atom. The van der Waals surface area contributed by atoms with Crippen LogP contribution in [0.4, 0.5) is 0 Å². The Hall–Kier alpha value is -1.75. The van der Waals surface area contributed by atoms with Gasteiger partial charge in [0.2, 0.25) is 0 Å². The molecule has 5 heteroatoms. The van der Waals surface area contributed by atoms with Crippen molar-refractivity contribution in [3.8, 4) is 0 Å². The maximum Gasteiger partial charge on any atom is 0.130 e. The van der Waals surface area contributed by atoms with E-state index in [1.165, 1.54) is 5.56 Å². The zero-order valence-electron chi connectivity index (χ0n) is 12.0. The van der Waals surface area contributed by atoms with Crippen LogP contribution in [0.25, 0.3) is 0 Å². The number of hydrogen-bond donors (Lipinski definition) is 1. The summed E-state index contributed by atoms with van der Waals surface area (Å²) in [6.45, 7) is 7.10. The molecule has 0 radical (unpaired) electrons. The van der Waals surface area contributed by atoms with Gasteiger partial charge in [0, 0.05) is 24.5 Å². The Bertz CT molecular complexity index is 547. The molecule has 0 fully saturated rings. The predicted molar refractivity (Wildman–Crippen MR) is 75.0 cm³/mol. The lowest BCUT2D eigenvalue weighted by atomic mass is 10.0. The molecule has 0 saturated carbocycles. The van der Waals surface area contributed by atoms with Crippen LogP contribution in [0.5, 0.6) is 0 Å². The van der Waals surface area contributed by atoms with Gasteiger partial charge in [-0.2, -0.15) is 10.2 Å². The molecule has 0 aromatic carbocycles. The molecule has 1 N–H and O–H groups in total. The minimum atomic E-state index is 0.0547. The predicted octanol–water partition coefficient (Wildman–Crippen LogP) is 1.87. The van der Waals surface area contributed by atoms with Crippen molar-refractivity contribution in [1.29, 1.82) is 0 Å². The molecule has 1 atom stereocenters. The van der Waals surface area contributed by atoms with Crippen molar-refractivity contribution in [1.82, 2.24) is 25.1 Å². The van der Waals surface area contributed by atoms with Crippen LogP contribution in [0.2, 0.25) is 0 Å². The van der Waals surface area contributed by atoms with E-state index in [0.717, 1.165) is 30.2 Å². The minimum Gasteiger partial charge on any atom is -0.334 e. The quantitative estimate of drug-likeness (QED) is 0.890. The summed E-state index contributed by atoms with van der Waals surface area (Å²) < 4.78 is 2.15. The first-order valence-corrected chi connectivity index (χ1v) is 6.72. The molecule has 102 valence electrons. The summed E-state index contributed by atoms with van der Waals surface area (Å²) in [5.74, 6) is 1.02. The monoisotopic (exact) mass is 259 g/mol. The van der Waals surface area contributed by atoms with E-state index in [0.29, 0.717) is 0 Å². The molecule has 2 heterocycles. The number of hydrogen-bond acceptors (Lipinski definition) is 4.